The number of nitrogens with zero attached hydrogens (tertiary/aromatic N) is 1. The Kier molecular flexibility index (Phi) is 5.05. The van der Waals surface area contributed by atoms with Crippen molar-refractivity contribution in [2.75, 3.05) is 20.2 Å². The predicted octanol–water partition coefficient (Wildman–Crippen LogP) is 3.45. The molecule has 1 aromatic rings. The van der Waals surface area contributed by atoms with Gasteiger partial charge in [0.05, 0.1) is 7.11 Å². The number of hydrogen-bond acceptors (Lipinski definition) is 2. The van der Waals surface area contributed by atoms with Gasteiger partial charge in [-0.15, -0.1) is 0 Å². The normalized spacial score (nSPS) is 16.5. The van der Waals surface area contributed by atoms with Crippen molar-refractivity contribution in [2.45, 2.75) is 39.0 Å². The third kappa shape index (κ3) is 3.53. The summed E-state index contributed by atoms with van der Waals surface area (Å²) in [6, 6.07) is 8.12. The maximum Gasteiger partial charge on any atom is 0.223 e. The monoisotopic (exact) mass is 275 g/mol. The van der Waals surface area contributed by atoms with Crippen molar-refractivity contribution >= 4 is 5.91 Å². The quantitative estimate of drug-likeness (QED) is 0.823. The lowest BCUT2D eigenvalue weighted by molar-refractivity contribution is -0.130. The molecule has 0 unspecified atom stereocenters. The number of hydrogen-bond donors (Lipinski definition) is 0. The molecule has 0 bridgehead atoms. The van der Waals surface area contributed by atoms with Crippen LogP contribution in [-0.2, 0) is 4.79 Å². The molecule has 3 heteroatoms. The minimum Gasteiger partial charge on any atom is -0.497 e. The van der Waals surface area contributed by atoms with E-state index in [0.717, 1.165) is 31.7 Å². The molecule has 20 heavy (non-hydrogen) atoms. The van der Waals surface area contributed by atoms with Gasteiger partial charge in [0.25, 0.3) is 0 Å². The highest BCUT2D eigenvalue weighted by Crippen LogP contribution is 2.30. The first-order valence-corrected chi connectivity index (χ1v) is 7.53. The smallest absolute Gasteiger partial charge is 0.223 e. The zero-order valence-electron chi connectivity index (χ0n) is 12.8. The average molecular weight is 275 g/mol. The number of ether oxygens (including phenoxy) is 1. The number of rotatable bonds is 5. The van der Waals surface area contributed by atoms with Gasteiger partial charge in [-0.3, -0.25) is 4.79 Å². The molecule has 2 rings (SSSR count). The zero-order valence-corrected chi connectivity index (χ0v) is 12.8. The van der Waals surface area contributed by atoms with Gasteiger partial charge in [0.1, 0.15) is 5.75 Å². The van der Waals surface area contributed by atoms with E-state index in [1.54, 1.807) is 7.11 Å². The summed E-state index contributed by atoms with van der Waals surface area (Å²) in [6.07, 6.45) is 2.92. The van der Waals surface area contributed by atoms with Crippen molar-refractivity contribution in [3.8, 4) is 5.75 Å². The van der Waals surface area contributed by atoms with Crippen LogP contribution in [0.5, 0.6) is 5.75 Å². The lowest BCUT2D eigenvalue weighted by atomic mass is 9.85. The molecule has 110 valence electrons. The summed E-state index contributed by atoms with van der Waals surface area (Å²) in [5.74, 6) is 1.91. The number of methoxy groups -OCH3 is 1. The maximum absolute atomic E-state index is 12.4. The highest BCUT2D eigenvalue weighted by Gasteiger charge is 2.24. The van der Waals surface area contributed by atoms with Crippen molar-refractivity contribution in [2.24, 2.45) is 5.92 Å². The van der Waals surface area contributed by atoms with E-state index in [9.17, 15) is 4.79 Å². The zero-order chi connectivity index (χ0) is 14.5. The van der Waals surface area contributed by atoms with Crippen LogP contribution in [0.1, 0.15) is 44.6 Å². The molecule has 1 saturated heterocycles. The van der Waals surface area contributed by atoms with Gasteiger partial charge in [-0.2, -0.15) is 0 Å². The first kappa shape index (κ1) is 14.9. The highest BCUT2D eigenvalue weighted by atomic mass is 16.5. The van der Waals surface area contributed by atoms with E-state index >= 15 is 0 Å². The molecule has 0 saturated carbocycles. The molecule has 1 aliphatic rings. The van der Waals surface area contributed by atoms with E-state index in [4.69, 9.17) is 4.74 Å². The summed E-state index contributed by atoms with van der Waals surface area (Å²) >= 11 is 0. The molecule has 3 nitrogen and oxygen atoms in total. The summed E-state index contributed by atoms with van der Waals surface area (Å²) < 4.78 is 5.20. The van der Waals surface area contributed by atoms with Crippen LogP contribution in [0.2, 0.25) is 0 Å². The summed E-state index contributed by atoms with van der Waals surface area (Å²) in [7, 11) is 1.67. The van der Waals surface area contributed by atoms with Crippen LogP contribution in [0, 0.1) is 5.92 Å². The Bertz CT molecular complexity index is 433. The van der Waals surface area contributed by atoms with Crippen LogP contribution in [0.3, 0.4) is 0 Å². The fourth-order valence-electron chi connectivity index (χ4n) is 2.87. The number of carbonyl (C=O) groups excluding carboxylic acids is 1. The van der Waals surface area contributed by atoms with Crippen LogP contribution in [0.4, 0.5) is 0 Å². The number of likely N-dealkylation sites (tertiary alicyclic amines) is 1. The lowest BCUT2D eigenvalue weighted by Gasteiger charge is -2.24. The van der Waals surface area contributed by atoms with Crippen molar-refractivity contribution in [3.05, 3.63) is 29.8 Å². The standard InChI is InChI=1S/C17H25NO2/c1-13(2)16(12-17(19)18-10-4-5-11-18)14-6-8-15(20-3)9-7-14/h6-9,13,16H,4-5,10-12H2,1-3H3/t16-/m1/s1. The molecule has 1 heterocycles. The van der Waals surface area contributed by atoms with Crippen LogP contribution < -0.4 is 4.74 Å². The number of amides is 1. The molecule has 1 fully saturated rings. The molecule has 1 aromatic carbocycles. The Morgan fingerprint density at radius 1 is 1.20 bits per heavy atom. The van der Waals surface area contributed by atoms with Crippen LogP contribution in [0.15, 0.2) is 24.3 Å². The number of benzene rings is 1. The second-order valence-corrected chi connectivity index (χ2v) is 5.92. The summed E-state index contributed by atoms with van der Waals surface area (Å²) in [6.45, 7) is 6.25. The first-order valence-electron chi connectivity index (χ1n) is 7.53. The van der Waals surface area contributed by atoms with E-state index in [0.29, 0.717) is 18.2 Å². The van der Waals surface area contributed by atoms with E-state index in [2.05, 4.69) is 26.0 Å². The van der Waals surface area contributed by atoms with Crippen molar-refractivity contribution in [1.82, 2.24) is 4.90 Å². The molecule has 0 aromatic heterocycles. The van der Waals surface area contributed by atoms with Gasteiger partial charge in [-0.25, -0.2) is 0 Å². The van der Waals surface area contributed by atoms with Gasteiger partial charge in [-0.1, -0.05) is 26.0 Å². The topological polar surface area (TPSA) is 29.5 Å². The fourth-order valence-corrected chi connectivity index (χ4v) is 2.87. The molecular weight excluding hydrogens is 250 g/mol. The Hall–Kier alpha value is -1.51. The average Bonchev–Trinajstić information content (AvgIpc) is 2.98. The van der Waals surface area contributed by atoms with Crippen LogP contribution in [0.25, 0.3) is 0 Å². The minimum absolute atomic E-state index is 0.286. The van der Waals surface area contributed by atoms with Crippen LogP contribution >= 0.6 is 0 Å². The summed E-state index contributed by atoms with van der Waals surface area (Å²) in [5, 5.41) is 0. The predicted molar refractivity (Wildman–Crippen MR) is 81.0 cm³/mol. The Morgan fingerprint density at radius 2 is 1.80 bits per heavy atom. The summed E-state index contributed by atoms with van der Waals surface area (Å²) in [5.41, 5.74) is 1.23. The van der Waals surface area contributed by atoms with E-state index in [1.807, 2.05) is 17.0 Å². The molecule has 0 spiro atoms. The Labute approximate surface area is 121 Å². The van der Waals surface area contributed by atoms with E-state index < -0.39 is 0 Å². The maximum atomic E-state index is 12.4. The molecule has 0 aliphatic carbocycles. The van der Waals surface area contributed by atoms with Gasteiger partial charge in [-0.05, 0) is 42.4 Å². The molecule has 1 atom stereocenters. The minimum atomic E-state index is 0.286. The first-order chi connectivity index (χ1) is 9.61. The molecule has 1 amide bonds. The third-order valence-electron chi connectivity index (χ3n) is 4.20. The Morgan fingerprint density at radius 3 is 2.30 bits per heavy atom. The van der Waals surface area contributed by atoms with Crippen molar-refractivity contribution in [1.29, 1.82) is 0 Å². The fraction of sp³-hybridized carbons (Fsp3) is 0.588. The molecule has 0 radical (unpaired) electrons. The number of carbonyl (C=O) groups is 1. The van der Waals surface area contributed by atoms with Gasteiger partial charge >= 0.3 is 0 Å². The van der Waals surface area contributed by atoms with Crippen molar-refractivity contribution < 1.29 is 9.53 Å². The molecule has 0 N–H and O–H groups in total. The van der Waals surface area contributed by atoms with Gasteiger partial charge in [0, 0.05) is 19.5 Å². The van der Waals surface area contributed by atoms with E-state index in [-0.39, 0.29) is 5.92 Å². The van der Waals surface area contributed by atoms with Gasteiger partial charge in [0.2, 0.25) is 5.91 Å². The van der Waals surface area contributed by atoms with Gasteiger partial charge in [0.15, 0.2) is 0 Å². The van der Waals surface area contributed by atoms with Crippen molar-refractivity contribution in [3.63, 3.8) is 0 Å². The molecular formula is C17H25NO2. The molecule has 1 aliphatic heterocycles. The third-order valence-corrected chi connectivity index (χ3v) is 4.20. The second-order valence-electron chi connectivity index (χ2n) is 5.92. The largest absolute Gasteiger partial charge is 0.497 e. The second kappa shape index (κ2) is 6.78. The summed E-state index contributed by atoms with van der Waals surface area (Å²) in [4.78, 5) is 14.4. The van der Waals surface area contributed by atoms with Crippen LogP contribution in [-0.4, -0.2) is 31.0 Å². The van der Waals surface area contributed by atoms with E-state index in [1.165, 1.54) is 5.56 Å². The highest BCUT2D eigenvalue weighted by molar-refractivity contribution is 5.77. The Balaban J connectivity index is 2.07. The SMILES string of the molecule is COc1ccc([C@H](CC(=O)N2CCCC2)C(C)C)cc1. The van der Waals surface area contributed by atoms with Gasteiger partial charge < -0.3 is 9.64 Å². The lowest BCUT2D eigenvalue weighted by Crippen LogP contribution is -2.29.